The number of hydrogen-bond donors (Lipinski definition) is 0. The molecule has 3 aliphatic carbocycles. The first-order valence-corrected chi connectivity index (χ1v) is 5.77. The predicted molar refractivity (Wildman–Crippen MR) is 55.5 cm³/mol. The van der Waals surface area contributed by atoms with E-state index in [9.17, 15) is 0 Å². The summed E-state index contributed by atoms with van der Waals surface area (Å²) in [6.07, 6.45) is 7.24. The maximum Gasteiger partial charge on any atom is -0.00596 e. The largest absolute Gasteiger partial charge is 0.0698 e. The second kappa shape index (κ2) is 2.04. The lowest BCUT2D eigenvalue weighted by Gasteiger charge is -2.35. The van der Waals surface area contributed by atoms with Gasteiger partial charge >= 0.3 is 0 Å². The average molecular weight is 176 g/mol. The second-order valence-electron chi connectivity index (χ2n) is 6.08. The summed E-state index contributed by atoms with van der Waals surface area (Å²) < 4.78 is 0. The molecule has 0 aliphatic heterocycles. The van der Waals surface area contributed by atoms with Crippen LogP contribution in [0.2, 0.25) is 0 Å². The molecule has 0 aromatic carbocycles. The van der Waals surface area contributed by atoms with E-state index in [0.29, 0.717) is 10.8 Å². The van der Waals surface area contributed by atoms with E-state index in [0.717, 1.165) is 5.92 Å². The quantitative estimate of drug-likeness (QED) is 0.491. The van der Waals surface area contributed by atoms with Gasteiger partial charge in [-0.1, -0.05) is 31.9 Å². The van der Waals surface area contributed by atoms with Crippen LogP contribution in [0.15, 0.2) is 11.1 Å². The first-order chi connectivity index (χ1) is 6.06. The summed E-state index contributed by atoms with van der Waals surface area (Å²) in [5, 5.41) is 0. The molecule has 3 saturated carbocycles. The Bertz CT molecular complexity index is 289. The number of hydrogen-bond acceptors (Lipinski definition) is 0. The van der Waals surface area contributed by atoms with E-state index in [1.165, 1.54) is 32.1 Å². The van der Waals surface area contributed by atoms with Crippen LogP contribution in [0.5, 0.6) is 0 Å². The Morgan fingerprint density at radius 2 is 1.85 bits per heavy atom. The highest BCUT2D eigenvalue weighted by atomic mass is 14.6. The van der Waals surface area contributed by atoms with Gasteiger partial charge in [-0.05, 0) is 48.9 Å². The van der Waals surface area contributed by atoms with Crippen molar-refractivity contribution >= 4 is 0 Å². The van der Waals surface area contributed by atoms with Gasteiger partial charge in [-0.2, -0.15) is 0 Å². The van der Waals surface area contributed by atoms with Crippen LogP contribution < -0.4 is 0 Å². The summed E-state index contributed by atoms with van der Waals surface area (Å²) in [7, 11) is 0. The molecule has 3 aliphatic rings. The van der Waals surface area contributed by atoms with Crippen molar-refractivity contribution < 1.29 is 0 Å². The van der Waals surface area contributed by atoms with Gasteiger partial charge in [0.2, 0.25) is 0 Å². The zero-order chi connectivity index (χ0) is 9.27. The van der Waals surface area contributed by atoms with Crippen LogP contribution in [0.3, 0.4) is 0 Å². The fourth-order valence-electron chi connectivity index (χ4n) is 3.86. The molecule has 2 unspecified atom stereocenters. The Kier molecular flexibility index (Phi) is 1.27. The summed E-state index contributed by atoms with van der Waals surface area (Å²) in [5.41, 5.74) is 4.90. The smallest absolute Gasteiger partial charge is 0.00596 e. The molecule has 0 radical (unpaired) electrons. The Labute approximate surface area is 81.4 Å². The van der Waals surface area contributed by atoms with Crippen molar-refractivity contribution in [2.45, 2.75) is 52.9 Å². The molecular formula is C13H20. The van der Waals surface area contributed by atoms with Crippen molar-refractivity contribution in [1.29, 1.82) is 0 Å². The minimum absolute atomic E-state index is 0.587. The topological polar surface area (TPSA) is 0 Å². The summed E-state index contributed by atoms with van der Waals surface area (Å²) in [6.45, 7) is 7.53. The van der Waals surface area contributed by atoms with Crippen LogP contribution in [0, 0.1) is 16.7 Å². The van der Waals surface area contributed by atoms with Crippen molar-refractivity contribution in [3.05, 3.63) is 11.1 Å². The zero-order valence-electron chi connectivity index (χ0n) is 9.11. The summed E-state index contributed by atoms with van der Waals surface area (Å²) in [4.78, 5) is 0. The molecule has 13 heavy (non-hydrogen) atoms. The normalized spacial score (nSPS) is 45.9. The summed E-state index contributed by atoms with van der Waals surface area (Å²) >= 11 is 0. The van der Waals surface area contributed by atoms with Gasteiger partial charge in [-0.15, -0.1) is 0 Å². The number of allylic oxidation sites excluding steroid dienone is 2. The van der Waals surface area contributed by atoms with Crippen LogP contribution in [-0.4, -0.2) is 0 Å². The van der Waals surface area contributed by atoms with Crippen LogP contribution in [0.1, 0.15) is 52.9 Å². The Morgan fingerprint density at radius 3 is 2.23 bits per heavy atom. The minimum atomic E-state index is 0.587. The zero-order valence-corrected chi connectivity index (χ0v) is 9.11. The van der Waals surface area contributed by atoms with Crippen molar-refractivity contribution in [2.24, 2.45) is 16.7 Å². The third-order valence-electron chi connectivity index (χ3n) is 5.48. The van der Waals surface area contributed by atoms with E-state index in [1.54, 1.807) is 0 Å². The van der Waals surface area contributed by atoms with Gasteiger partial charge in [0.25, 0.3) is 0 Å². The molecule has 0 nitrogen and oxygen atoms in total. The highest BCUT2D eigenvalue weighted by Gasteiger charge is 2.59. The van der Waals surface area contributed by atoms with Gasteiger partial charge in [0.15, 0.2) is 0 Å². The van der Waals surface area contributed by atoms with Crippen LogP contribution in [0.25, 0.3) is 0 Å². The predicted octanol–water partition coefficient (Wildman–Crippen LogP) is 3.92. The van der Waals surface area contributed by atoms with E-state index in [2.05, 4.69) is 20.8 Å². The highest BCUT2D eigenvalue weighted by molar-refractivity contribution is 5.38. The second-order valence-corrected chi connectivity index (χ2v) is 6.08. The Balaban J connectivity index is 2.12. The molecule has 0 heterocycles. The SMILES string of the molecule is CC12CCC(CC1=C1CC1)C2(C)C. The highest BCUT2D eigenvalue weighted by Crippen LogP contribution is 2.69. The van der Waals surface area contributed by atoms with E-state index in [-0.39, 0.29) is 0 Å². The fourth-order valence-corrected chi connectivity index (χ4v) is 3.86. The van der Waals surface area contributed by atoms with Gasteiger partial charge in [0.05, 0.1) is 0 Å². The van der Waals surface area contributed by atoms with E-state index in [4.69, 9.17) is 0 Å². The first kappa shape index (κ1) is 8.08. The maximum absolute atomic E-state index is 2.53. The molecular weight excluding hydrogens is 156 g/mol. The van der Waals surface area contributed by atoms with E-state index >= 15 is 0 Å². The van der Waals surface area contributed by atoms with Gasteiger partial charge in [0.1, 0.15) is 0 Å². The molecule has 0 heteroatoms. The van der Waals surface area contributed by atoms with Crippen molar-refractivity contribution in [3.63, 3.8) is 0 Å². The Morgan fingerprint density at radius 1 is 1.15 bits per heavy atom. The molecule has 0 aromatic heterocycles. The van der Waals surface area contributed by atoms with Gasteiger partial charge < -0.3 is 0 Å². The van der Waals surface area contributed by atoms with E-state index in [1.807, 2.05) is 11.1 Å². The molecule has 2 atom stereocenters. The van der Waals surface area contributed by atoms with Crippen molar-refractivity contribution in [2.75, 3.05) is 0 Å². The molecule has 0 amide bonds. The fraction of sp³-hybridized carbons (Fsp3) is 0.846. The average Bonchev–Trinajstić information content (AvgIpc) is 2.82. The van der Waals surface area contributed by atoms with Gasteiger partial charge in [-0.3, -0.25) is 0 Å². The maximum atomic E-state index is 2.53. The molecule has 3 fully saturated rings. The molecule has 0 aromatic rings. The summed E-state index contributed by atoms with van der Waals surface area (Å²) in [5.74, 6) is 1.00. The third-order valence-corrected chi connectivity index (χ3v) is 5.48. The van der Waals surface area contributed by atoms with Crippen molar-refractivity contribution in [3.8, 4) is 0 Å². The lowest BCUT2D eigenvalue weighted by molar-refractivity contribution is 0.179. The molecule has 0 saturated heterocycles. The lowest BCUT2D eigenvalue weighted by atomic mass is 9.69. The standard InChI is InChI=1S/C13H20/c1-12(2)10-6-7-13(12,3)11(8-10)9-4-5-9/h10H,4-8H2,1-3H3. The Hall–Kier alpha value is -0.260. The summed E-state index contributed by atoms with van der Waals surface area (Å²) in [6, 6.07) is 0. The third kappa shape index (κ3) is 0.782. The molecule has 0 N–H and O–H groups in total. The molecule has 2 bridgehead atoms. The molecule has 72 valence electrons. The number of rotatable bonds is 0. The van der Waals surface area contributed by atoms with Gasteiger partial charge in [-0.25, -0.2) is 0 Å². The molecule has 0 spiro atoms. The van der Waals surface area contributed by atoms with Gasteiger partial charge in [0, 0.05) is 0 Å². The minimum Gasteiger partial charge on any atom is -0.0698 e. The lowest BCUT2D eigenvalue weighted by Crippen LogP contribution is -2.28. The van der Waals surface area contributed by atoms with Crippen LogP contribution in [-0.2, 0) is 0 Å². The van der Waals surface area contributed by atoms with Crippen LogP contribution in [0.4, 0.5) is 0 Å². The van der Waals surface area contributed by atoms with E-state index < -0.39 is 0 Å². The van der Waals surface area contributed by atoms with Crippen molar-refractivity contribution in [1.82, 2.24) is 0 Å². The van der Waals surface area contributed by atoms with Crippen LogP contribution >= 0.6 is 0 Å². The number of fused-ring (bicyclic) bond motifs is 2. The monoisotopic (exact) mass is 176 g/mol. The molecule has 3 rings (SSSR count). The first-order valence-electron chi connectivity index (χ1n) is 5.77.